The topological polar surface area (TPSA) is 67.4 Å². The summed E-state index contributed by atoms with van der Waals surface area (Å²) in [6.45, 7) is 4.86. The van der Waals surface area contributed by atoms with Crippen molar-refractivity contribution >= 4 is 34.9 Å². The van der Waals surface area contributed by atoms with Gasteiger partial charge < -0.3 is 33.7 Å². The lowest BCUT2D eigenvalue weighted by atomic mass is 10.3. The van der Waals surface area contributed by atoms with Crippen molar-refractivity contribution in [1.29, 1.82) is 0 Å². The van der Waals surface area contributed by atoms with Crippen LogP contribution in [0, 0.1) is 0 Å². The molecule has 146 valence electrons. The SMILES string of the molecule is S=C(S)Nc1ccc2c(c1)OCCOCCOCCOCCOCCO2. The number of benzene rings is 1. The van der Waals surface area contributed by atoms with Crippen LogP contribution in [0.3, 0.4) is 0 Å². The van der Waals surface area contributed by atoms with E-state index in [1.54, 1.807) is 0 Å². The molecule has 1 aromatic carbocycles. The highest BCUT2D eigenvalue weighted by atomic mass is 32.1. The third-order valence-corrected chi connectivity index (χ3v) is 3.50. The Kier molecular flexibility index (Phi) is 10.7. The van der Waals surface area contributed by atoms with Gasteiger partial charge in [-0.15, -0.1) is 12.6 Å². The maximum Gasteiger partial charge on any atom is 0.163 e. The first-order valence-corrected chi connectivity index (χ1v) is 9.32. The van der Waals surface area contributed by atoms with Gasteiger partial charge in [-0.3, -0.25) is 0 Å². The quantitative estimate of drug-likeness (QED) is 0.546. The Hall–Kier alpha value is -1.10. The molecule has 0 aliphatic carbocycles. The highest BCUT2D eigenvalue weighted by Crippen LogP contribution is 2.30. The molecule has 0 spiro atoms. The molecule has 1 heterocycles. The predicted molar refractivity (Wildman–Crippen MR) is 106 cm³/mol. The molecule has 0 bridgehead atoms. The largest absolute Gasteiger partial charge is 0.487 e. The summed E-state index contributed by atoms with van der Waals surface area (Å²) in [5, 5.41) is 2.96. The van der Waals surface area contributed by atoms with E-state index < -0.39 is 0 Å². The van der Waals surface area contributed by atoms with E-state index in [1.807, 2.05) is 18.2 Å². The first-order chi connectivity index (χ1) is 12.8. The van der Waals surface area contributed by atoms with Crippen molar-refractivity contribution < 1.29 is 28.4 Å². The van der Waals surface area contributed by atoms with Crippen LogP contribution in [0.25, 0.3) is 0 Å². The second-order valence-corrected chi connectivity index (χ2v) is 6.40. The van der Waals surface area contributed by atoms with Crippen LogP contribution in [0.5, 0.6) is 11.5 Å². The zero-order chi connectivity index (χ0) is 18.5. The van der Waals surface area contributed by atoms with Crippen LogP contribution in [0.15, 0.2) is 18.2 Å². The Bertz CT molecular complexity index is 546. The van der Waals surface area contributed by atoms with Crippen molar-refractivity contribution in [1.82, 2.24) is 0 Å². The van der Waals surface area contributed by atoms with Crippen molar-refractivity contribution in [3.63, 3.8) is 0 Å². The van der Waals surface area contributed by atoms with Gasteiger partial charge in [0.25, 0.3) is 0 Å². The van der Waals surface area contributed by atoms with Gasteiger partial charge in [0.15, 0.2) is 11.5 Å². The van der Waals surface area contributed by atoms with E-state index in [0.717, 1.165) is 5.69 Å². The normalized spacial score (nSPS) is 18.3. The minimum Gasteiger partial charge on any atom is -0.487 e. The number of hydrogen-bond acceptors (Lipinski definition) is 7. The fourth-order valence-electron chi connectivity index (χ4n) is 2.12. The third-order valence-electron chi connectivity index (χ3n) is 3.28. The number of fused-ring (bicyclic) bond motifs is 1. The second-order valence-electron chi connectivity index (χ2n) is 5.24. The highest BCUT2D eigenvalue weighted by molar-refractivity contribution is 8.11. The summed E-state index contributed by atoms with van der Waals surface area (Å²) in [6.07, 6.45) is 0. The van der Waals surface area contributed by atoms with Gasteiger partial charge >= 0.3 is 0 Å². The maximum atomic E-state index is 5.80. The van der Waals surface area contributed by atoms with Gasteiger partial charge in [-0.1, -0.05) is 12.2 Å². The molecule has 1 aliphatic rings. The van der Waals surface area contributed by atoms with Gasteiger partial charge in [0, 0.05) is 11.8 Å². The van der Waals surface area contributed by atoms with Gasteiger partial charge in [0.05, 0.1) is 52.9 Å². The van der Waals surface area contributed by atoms with Crippen LogP contribution in [0.1, 0.15) is 0 Å². The van der Waals surface area contributed by atoms with Gasteiger partial charge in [-0.25, -0.2) is 0 Å². The number of anilines is 1. The van der Waals surface area contributed by atoms with Crippen molar-refractivity contribution in [2.24, 2.45) is 0 Å². The van der Waals surface area contributed by atoms with Crippen molar-refractivity contribution in [2.75, 3.05) is 71.4 Å². The number of hydrogen-bond donors (Lipinski definition) is 2. The van der Waals surface area contributed by atoms with Gasteiger partial charge in [0.1, 0.15) is 17.5 Å². The molecule has 1 aliphatic heterocycles. The molecular formula is C17H25NO6S2. The summed E-state index contributed by atoms with van der Waals surface area (Å²) < 4.78 is 33.7. The Morgan fingerprint density at radius 3 is 1.69 bits per heavy atom. The Morgan fingerprint density at radius 1 is 0.731 bits per heavy atom. The summed E-state index contributed by atoms with van der Waals surface area (Å²) in [7, 11) is 0. The zero-order valence-corrected chi connectivity index (χ0v) is 16.3. The molecule has 9 heteroatoms. The lowest BCUT2D eigenvalue weighted by Gasteiger charge is -2.15. The second kappa shape index (κ2) is 13.1. The minimum atomic E-state index is 0.380. The molecule has 7 nitrogen and oxygen atoms in total. The molecule has 2 rings (SSSR count). The van der Waals surface area contributed by atoms with Crippen molar-refractivity contribution in [2.45, 2.75) is 0 Å². The van der Waals surface area contributed by atoms with Crippen LogP contribution >= 0.6 is 24.8 Å². The Labute approximate surface area is 164 Å². The number of thiocarbonyl (C=S) groups is 1. The van der Waals surface area contributed by atoms with E-state index >= 15 is 0 Å². The molecule has 0 saturated carbocycles. The zero-order valence-electron chi connectivity index (χ0n) is 14.6. The third kappa shape index (κ3) is 9.02. The van der Waals surface area contributed by atoms with E-state index in [2.05, 4.69) is 17.9 Å². The molecule has 1 N–H and O–H groups in total. The summed E-state index contributed by atoms with van der Waals surface area (Å²) in [5.41, 5.74) is 0.775. The average Bonchev–Trinajstić information content (AvgIpc) is 2.61. The van der Waals surface area contributed by atoms with Crippen LogP contribution < -0.4 is 14.8 Å². The van der Waals surface area contributed by atoms with Crippen molar-refractivity contribution in [3.05, 3.63) is 18.2 Å². The average molecular weight is 404 g/mol. The molecule has 26 heavy (non-hydrogen) atoms. The Morgan fingerprint density at radius 2 is 1.19 bits per heavy atom. The van der Waals surface area contributed by atoms with Crippen LogP contribution in [0.4, 0.5) is 5.69 Å². The number of nitrogens with one attached hydrogen (secondary N) is 1. The predicted octanol–water partition coefficient (Wildman–Crippen LogP) is 2.15. The van der Waals surface area contributed by atoms with Gasteiger partial charge in [-0.05, 0) is 12.1 Å². The minimum absolute atomic E-state index is 0.380. The van der Waals surface area contributed by atoms with E-state index in [4.69, 9.17) is 40.6 Å². The molecule has 0 unspecified atom stereocenters. The fourth-order valence-corrected chi connectivity index (χ4v) is 2.37. The molecule has 0 fully saturated rings. The van der Waals surface area contributed by atoms with E-state index in [9.17, 15) is 0 Å². The van der Waals surface area contributed by atoms with E-state index in [1.165, 1.54) is 0 Å². The van der Waals surface area contributed by atoms with E-state index in [0.29, 0.717) is 81.9 Å². The lowest BCUT2D eigenvalue weighted by Crippen LogP contribution is -2.16. The lowest BCUT2D eigenvalue weighted by molar-refractivity contribution is -0.00841. The number of thiol groups is 1. The molecule has 0 atom stereocenters. The smallest absolute Gasteiger partial charge is 0.163 e. The summed E-state index contributed by atoms with van der Waals surface area (Å²) in [4.78, 5) is 0. The summed E-state index contributed by atoms with van der Waals surface area (Å²) >= 11 is 9.03. The molecule has 0 radical (unpaired) electrons. The fraction of sp³-hybridized carbons (Fsp3) is 0.588. The van der Waals surface area contributed by atoms with Crippen molar-refractivity contribution in [3.8, 4) is 11.5 Å². The molecule has 0 aromatic heterocycles. The van der Waals surface area contributed by atoms with Crippen LogP contribution in [-0.4, -0.2) is 70.4 Å². The number of ether oxygens (including phenoxy) is 6. The first kappa shape index (κ1) is 21.2. The van der Waals surface area contributed by atoms with E-state index in [-0.39, 0.29) is 0 Å². The summed E-state index contributed by atoms with van der Waals surface area (Å²) in [5.74, 6) is 1.23. The van der Waals surface area contributed by atoms with Gasteiger partial charge in [-0.2, -0.15) is 0 Å². The molecular weight excluding hydrogens is 378 g/mol. The Balaban J connectivity index is 1.93. The monoisotopic (exact) mass is 403 g/mol. The highest BCUT2D eigenvalue weighted by Gasteiger charge is 2.08. The molecule has 0 saturated heterocycles. The standard InChI is InChI=1S/C17H25NO6S2/c25-17(26)18-14-1-2-15-16(13-14)24-12-10-22-8-6-20-4-3-19-5-7-21-9-11-23-15/h1-2,13H,3-12H2,(H2,18,25,26). The molecule has 1 aromatic rings. The number of rotatable bonds is 1. The molecule has 0 amide bonds. The maximum absolute atomic E-state index is 5.80. The van der Waals surface area contributed by atoms with Gasteiger partial charge in [0.2, 0.25) is 0 Å². The summed E-state index contributed by atoms with van der Waals surface area (Å²) in [6, 6.07) is 5.48. The van der Waals surface area contributed by atoms with Crippen LogP contribution in [-0.2, 0) is 18.9 Å². The van der Waals surface area contributed by atoms with Crippen LogP contribution in [0.2, 0.25) is 0 Å². The first-order valence-electron chi connectivity index (χ1n) is 8.46.